The summed E-state index contributed by atoms with van der Waals surface area (Å²) in [5.41, 5.74) is -0.625. The Morgan fingerprint density at radius 1 is 1.12 bits per heavy atom. The van der Waals surface area contributed by atoms with Crippen molar-refractivity contribution in [2.75, 3.05) is 33.3 Å². The normalized spacial score (nSPS) is 14.8. The summed E-state index contributed by atoms with van der Waals surface area (Å²) in [6.07, 6.45) is -0.412. The molecule has 2 rings (SSSR count). The van der Waals surface area contributed by atoms with Crippen molar-refractivity contribution in [2.45, 2.75) is 26.4 Å². The molecule has 0 bridgehead atoms. The molecule has 1 fully saturated rings. The number of nitrogens with zero attached hydrogens (tertiary/aromatic N) is 3. The summed E-state index contributed by atoms with van der Waals surface area (Å²) in [5.74, 6) is -0.221. The van der Waals surface area contributed by atoms with Crippen LogP contribution < -0.4 is 4.74 Å². The predicted molar refractivity (Wildman–Crippen MR) is 93.4 cm³/mol. The number of hydrogen-bond acceptors (Lipinski definition) is 6. The molecule has 1 aromatic rings. The number of carbonyl (C=O) groups excluding carboxylic acids is 2. The highest BCUT2D eigenvalue weighted by molar-refractivity contribution is 5.95. The molecule has 9 nitrogen and oxygen atoms in total. The zero-order chi connectivity index (χ0) is 19.5. The first-order valence-corrected chi connectivity index (χ1v) is 8.22. The summed E-state index contributed by atoms with van der Waals surface area (Å²) in [4.78, 5) is 38.3. The first-order valence-electron chi connectivity index (χ1n) is 8.22. The summed E-state index contributed by atoms with van der Waals surface area (Å²) in [6.45, 7) is 6.73. The molecule has 0 aliphatic carbocycles. The van der Waals surface area contributed by atoms with Gasteiger partial charge in [0.15, 0.2) is 5.75 Å². The molecule has 1 saturated heterocycles. The maximum absolute atomic E-state index is 12.6. The minimum Gasteiger partial charge on any atom is -0.490 e. The van der Waals surface area contributed by atoms with E-state index >= 15 is 0 Å². The first-order chi connectivity index (χ1) is 12.1. The number of methoxy groups -OCH3 is 1. The van der Waals surface area contributed by atoms with E-state index in [-0.39, 0.29) is 22.9 Å². The highest BCUT2D eigenvalue weighted by atomic mass is 16.6. The largest absolute Gasteiger partial charge is 0.490 e. The molecule has 1 aliphatic rings. The minimum absolute atomic E-state index is 0.0984. The lowest BCUT2D eigenvalue weighted by Gasteiger charge is -2.35. The van der Waals surface area contributed by atoms with E-state index in [1.165, 1.54) is 25.3 Å². The van der Waals surface area contributed by atoms with Crippen molar-refractivity contribution in [3.63, 3.8) is 0 Å². The number of piperazine rings is 1. The maximum atomic E-state index is 12.6. The summed E-state index contributed by atoms with van der Waals surface area (Å²) < 4.78 is 10.3. The topological polar surface area (TPSA) is 102 Å². The second-order valence-electron chi connectivity index (χ2n) is 6.90. The standard InChI is InChI=1S/C17H23N3O6/c1-17(2,3)26-16(22)19-9-7-18(8-10-19)15(21)12-5-6-14(25-4)13(11-12)20(23)24/h5-6,11H,7-10H2,1-4H3. The summed E-state index contributed by atoms with van der Waals surface area (Å²) >= 11 is 0. The predicted octanol–water partition coefficient (Wildman–Crippen LogP) is 2.30. The highest BCUT2D eigenvalue weighted by Gasteiger charge is 2.29. The lowest BCUT2D eigenvalue weighted by Crippen LogP contribution is -2.51. The molecule has 142 valence electrons. The molecule has 26 heavy (non-hydrogen) atoms. The van der Waals surface area contributed by atoms with Crippen molar-refractivity contribution in [1.82, 2.24) is 9.80 Å². The summed E-state index contributed by atoms with van der Waals surface area (Å²) in [7, 11) is 1.33. The third kappa shape index (κ3) is 4.62. The van der Waals surface area contributed by atoms with E-state index in [4.69, 9.17) is 9.47 Å². The molecule has 0 saturated carbocycles. The fourth-order valence-corrected chi connectivity index (χ4v) is 2.57. The zero-order valence-corrected chi connectivity index (χ0v) is 15.4. The van der Waals surface area contributed by atoms with Crippen molar-refractivity contribution >= 4 is 17.7 Å². The third-order valence-electron chi connectivity index (χ3n) is 3.84. The smallest absolute Gasteiger partial charge is 0.410 e. The Labute approximate surface area is 151 Å². The Morgan fingerprint density at radius 2 is 1.69 bits per heavy atom. The number of ether oxygens (including phenoxy) is 2. The molecule has 2 amide bonds. The van der Waals surface area contributed by atoms with Crippen LogP contribution in [0.2, 0.25) is 0 Å². The van der Waals surface area contributed by atoms with Crippen molar-refractivity contribution in [2.24, 2.45) is 0 Å². The van der Waals surface area contributed by atoms with E-state index in [0.29, 0.717) is 26.2 Å². The molecule has 0 N–H and O–H groups in total. The van der Waals surface area contributed by atoms with E-state index < -0.39 is 16.6 Å². The fraction of sp³-hybridized carbons (Fsp3) is 0.529. The van der Waals surface area contributed by atoms with Crippen LogP contribution in [0, 0.1) is 10.1 Å². The van der Waals surface area contributed by atoms with Crippen LogP contribution in [0.4, 0.5) is 10.5 Å². The second-order valence-corrected chi connectivity index (χ2v) is 6.90. The number of carbonyl (C=O) groups is 2. The molecule has 9 heteroatoms. The fourth-order valence-electron chi connectivity index (χ4n) is 2.57. The van der Waals surface area contributed by atoms with Gasteiger partial charge in [-0.2, -0.15) is 0 Å². The lowest BCUT2D eigenvalue weighted by molar-refractivity contribution is -0.385. The second kappa shape index (κ2) is 7.59. The van der Waals surface area contributed by atoms with Gasteiger partial charge >= 0.3 is 11.8 Å². The minimum atomic E-state index is -0.587. The molecule has 0 atom stereocenters. The zero-order valence-electron chi connectivity index (χ0n) is 15.4. The monoisotopic (exact) mass is 365 g/mol. The van der Waals surface area contributed by atoms with Gasteiger partial charge < -0.3 is 19.3 Å². The molecule has 0 unspecified atom stereocenters. The number of nitro benzene ring substituents is 1. The quantitative estimate of drug-likeness (QED) is 0.601. The van der Waals surface area contributed by atoms with Crippen LogP contribution in [0.25, 0.3) is 0 Å². The van der Waals surface area contributed by atoms with Gasteiger partial charge in [-0.15, -0.1) is 0 Å². The van der Waals surface area contributed by atoms with E-state index in [2.05, 4.69) is 0 Å². The van der Waals surface area contributed by atoms with E-state index in [1.54, 1.807) is 30.6 Å². The van der Waals surface area contributed by atoms with Crippen molar-refractivity contribution in [1.29, 1.82) is 0 Å². The van der Waals surface area contributed by atoms with E-state index in [9.17, 15) is 19.7 Å². The van der Waals surface area contributed by atoms with Crippen LogP contribution in [0.1, 0.15) is 31.1 Å². The Kier molecular flexibility index (Phi) is 5.69. The van der Waals surface area contributed by atoms with Gasteiger partial charge in [0.1, 0.15) is 5.60 Å². The van der Waals surface area contributed by atoms with E-state index in [0.717, 1.165) is 0 Å². The Hall–Kier alpha value is -2.84. The molecule has 0 spiro atoms. The SMILES string of the molecule is COc1ccc(C(=O)N2CCN(C(=O)OC(C)(C)C)CC2)cc1[N+](=O)[O-]. The molecular weight excluding hydrogens is 342 g/mol. The molecule has 1 aromatic carbocycles. The Bertz CT molecular complexity index is 705. The third-order valence-corrected chi connectivity index (χ3v) is 3.84. The molecule has 1 heterocycles. The van der Waals surface area contributed by atoms with Gasteiger partial charge in [-0.05, 0) is 32.9 Å². The number of rotatable bonds is 3. The Balaban J connectivity index is 2.03. The first kappa shape index (κ1) is 19.5. The molecule has 0 radical (unpaired) electrons. The molecule has 1 aliphatic heterocycles. The average Bonchev–Trinajstić information content (AvgIpc) is 2.59. The summed E-state index contributed by atoms with van der Waals surface area (Å²) in [6, 6.07) is 4.11. The number of amides is 2. The van der Waals surface area contributed by atoms with Gasteiger partial charge in [0.2, 0.25) is 0 Å². The Morgan fingerprint density at radius 3 is 2.19 bits per heavy atom. The van der Waals surface area contributed by atoms with Crippen molar-refractivity contribution in [3.05, 3.63) is 33.9 Å². The van der Waals surface area contributed by atoms with Crippen LogP contribution in [0.15, 0.2) is 18.2 Å². The van der Waals surface area contributed by atoms with Crippen LogP contribution in [-0.4, -0.2) is 65.6 Å². The van der Waals surface area contributed by atoms with Crippen LogP contribution >= 0.6 is 0 Å². The summed E-state index contributed by atoms with van der Waals surface area (Å²) in [5, 5.41) is 11.1. The van der Waals surface area contributed by atoms with Crippen LogP contribution in [0.3, 0.4) is 0 Å². The number of nitro groups is 1. The van der Waals surface area contributed by atoms with Crippen molar-refractivity contribution < 1.29 is 24.0 Å². The maximum Gasteiger partial charge on any atom is 0.410 e. The lowest BCUT2D eigenvalue weighted by atomic mass is 10.1. The van der Waals surface area contributed by atoms with Gasteiger partial charge in [-0.1, -0.05) is 0 Å². The van der Waals surface area contributed by atoms with Crippen LogP contribution in [0.5, 0.6) is 5.75 Å². The molecule has 0 aromatic heterocycles. The van der Waals surface area contributed by atoms with Crippen LogP contribution in [-0.2, 0) is 4.74 Å². The number of hydrogen-bond donors (Lipinski definition) is 0. The van der Waals surface area contributed by atoms with Crippen molar-refractivity contribution in [3.8, 4) is 5.75 Å². The highest BCUT2D eigenvalue weighted by Crippen LogP contribution is 2.28. The average molecular weight is 365 g/mol. The molecular formula is C17H23N3O6. The van der Waals surface area contributed by atoms with Gasteiger partial charge in [0.25, 0.3) is 5.91 Å². The van der Waals surface area contributed by atoms with Gasteiger partial charge in [0.05, 0.1) is 12.0 Å². The van der Waals surface area contributed by atoms with Gasteiger partial charge in [-0.25, -0.2) is 4.79 Å². The van der Waals surface area contributed by atoms with E-state index in [1.807, 2.05) is 0 Å². The van der Waals surface area contributed by atoms with Gasteiger partial charge in [0, 0.05) is 37.8 Å². The number of benzene rings is 1. The van der Waals surface area contributed by atoms with Gasteiger partial charge in [-0.3, -0.25) is 14.9 Å².